The van der Waals surface area contributed by atoms with Gasteiger partial charge in [0.1, 0.15) is 17.3 Å². The summed E-state index contributed by atoms with van der Waals surface area (Å²) in [7, 11) is 3.45. The van der Waals surface area contributed by atoms with Crippen LogP contribution >= 0.6 is 23.2 Å². The first-order chi connectivity index (χ1) is 27.5. The molecule has 2 saturated carbocycles. The smallest absolute Gasteiger partial charge is 0.309 e. The van der Waals surface area contributed by atoms with Gasteiger partial charge in [0.15, 0.2) is 5.82 Å². The predicted molar refractivity (Wildman–Crippen MR) is 221 cm³/mol. The highest BCUT2D eigenvalue weighted by molar-refractivity contribution is 6.39. The van der Waals surface area contributed by atoms with Crippen LogP contribution in [0.4, 0.5) is 10.1 Å². The molecule has 2 aromatic heterocycles. The number of rotatable bonds is 12. The molecule has 4 heterocycles. The first-order valence-corrected chi connectivity index (χ1v) is 20.8. The third-order valence-corrected chi connectivity index (χ3v) is 13.9. The second-order valence-electron chi connectivity index (χ2n) is 16.5. The fraction of sp³-hybridized carbons (Fsp3) is 0.455. The highest BCUT2D eigenvalue weighted by Gasteiger charge is 2.57. The summed E-state index contributed by atoms with van der Waals surface area (Å²) in [5.41, 5.74) is 4.61. The lowest BCUT2D eigenvalue weighted by Crippen LogP contribution is -2.34. The zero-order valence-electron chi connectivity index (χ0n) is 32.6. The van der Waals surface area contributed by atoms with E-state index in [2.05, 4.69) is 20.1 Å². The molecule has 4 aromatic rings. The first kappa shape index (κ1) is 39.5. The van der Waals surface area contributed by atoms with Crippen LogP contribution < -0.4 is 10.1 Å². The molecule has 57 heavy (non-hydrogen) atoms. The molecule has 1 saturated heterocycles. The summed E-state index contributed by atoms with van der Waals surface area (Å²) in [6.07, 6.45) is 12.7. The minimum Gasteiger partial charge on any atom is -0.496 e. The van der Waals surface area contributed by atoms with Crippen molar-refractivity contribution < 1.29 is 23.8 Å². The van der Waals surface area contributed by atoms with Gasteiger partial charge >= 0.3 is 5.97 Å². The third kappa shape index (κ3) is 7.83. The number of pyridine rings is 1. The Balaban J connectivity index is 0.949. The topological polar surface area (TPSA) is 113 Å². The second-order valence-corrected chi connectivity index (χ2v) is 17.2. The van der Waals surface area contributed by atoms with E-state index >= 15 is 4.39 Å². The molecule has 4 aliphatic rings. The number of carboxylic acids is 1. The number of aromatic nitrogens is 3. The fourth-order valence-electron chi connectivity index (χ4n) is 9.69. The molecule has 1 amide bonds. The van der Waals surface area contributed by atoms with Gasteiger partial charge in [0.2, 0.25) is 0 Å². The van der Waals surface area contributed by atoms with Gasteiger partial charge in [0.25, 0.3) is 5.91 Å². The maximum Gasteiger partial charge on any atom is 0.309 e. The lowest BCUT2D eigenvalue weighted by atomic mass is 9.80. The van der Waals surface area contributed by atoms with Gasteiger partial charge in [-0.1, -0.05) is 60.0 Å². The van der Waals surface area contributed by atoms with Gasteiger partial charge in [-0.05, 0) is 94.1 Å². The monoisotopic (exact) mass is 814 g/mol. The van der Waals surface area contributed by atoms with Crippen LogP contribution in [0.15, 0.2) is 48.7 Å². The van der Waals surface area contributed by atoms with E-state index in [1.165, 1.54) is 25.3 Å². The number of imidazole rings is 1. The number of fused-ring (bicyclic) bond motifs is 3. The minimum atomic E-state index is -0.630. The SMILES string of the molecule is COc1cc(/C(F)=C/c2cccc(-c3cccc(NC(=O)c4nc5c(n4C)CCN(CCC46CCC(C(=O)O)(CC4)C6)C5)c3Cl)c2Cl)ncc1CN1CCCCC1. The molecule has 0 spiro atoms. The Morgan fingerprint density at radius 1 is 1.00 bits per heavy atom. The van der Waals surface area contributed by atoms with Crippen molar-refractivity contribution in [3.63, 3.8) is 0 Å². The predicted octanol–water partition coefficient (Wildman–Crippen LogP) is 9.29. The van der Waals surface area contributed by atoms with Gasteiger partial charge in [-0.2, -0.15) is 0 Å². The van der Waals surface area contributed by atoms with Crippen LogP contribution in [-0.2, 0) is 31.4 Å². The van der Waals surface area contributed by atoms with E-state index in [4.69, 9.17) is 32.9 Å². The van der Waals surface area contributed by atoms with E-state index in [1.807, 2.05) is 17.7 Å². The van der Waals surface area contributed by atoms with Crippen molar-refractivity contribution >= 4 is 52.7 Å². The van der Waals surface area contributed by atoms with E-state index in [-0.39, 0.29) is 17.0 Å². The number of methoxy groups -OCH3 is 1. The molecular formula is C44H49Cl2FN6O4. The molecular weight excluding hydrogens is 766 g/mol. The Labute approximate surface area is 343 Å². The number of nitrogens with one attached hydrogen (secondary N) is 1. The van der Waals surface area contributed by atoms with Crippen molar-refractivity contribution in [2.45, 2.75) is 77.3 Å². The van der Waals surface area contributed by atoms with E-state index < -0.39 is 17.2 Å². The van der Waals surface area contributed by atoms with E-state index in [0.717, 1.165) is 88.1 Å². The van der Waals surface area contributed by atoms with Crippen LogP contribution in [0.25, 0.3) is 23.0 Å². The number of likely N-dealkylation sites (tertiary alicyclic amines) is 1. The average Bonchev–Trinajstić information content (AvgIpc) is 3.90. The lowest BCUT2D eigenvalue weighted by Gasteiger charge is -2.32. The zero-order valence-corrected chi connectivity index (χ0v) is 34.1. The van der Waals surface area contributed by atoms with E-state index in [1.54, 1.807) is 49.7 Å². The van der Waals surface area contributed by atoms with Crippen LogP contribution in [0.2, 0.25) is 10.0 Å². The number of ether oxygens (including phenoxy) is 1. The molecule has 3 fully saturated rings. The van der Waals surface area contributed by atoms with Crippen molar-refractivity contribution in [1.82, 2.24) is 24.3 Å². The largest absolute Gasteiger partial charge is 0.496 e. The number of hydrogen-bond donors (Lipinski definition) is 2. The number of anilines is 1. The molecule has 2 aliphatic heterocycles. The number of benzene rings is 2. The summed E-state index contributed by atoms with van der Waals surface area (Å²) in [6, 6.07) is 12.3. The Hall–Kier alpha value is -4.29. The van der Waals surface area contributed by atoms with Crippen LogP contribution in [-0.4, -0.2) is 74.6 Å². The van der Waals surface area contributed by atoms with Gasteiger partial charge in [-0.15, -0.1) is 0 Å². The van der Waals surface area contributed by atoms with Gasteiger partial charge in [0.05, 0.1) is 34.0 Å². The molecule has 0 unspecified atom stereocenters. The molecule has 300 valence electrons. The quantitative estimate of drug-likeness (QED) is 0.146. The number of carbonyl (C=O) groups excluding carboxylic acids is 1. The number of aliphatic carboxylic acids is 1. The third-order valence-electron chi connectivity index (χ3n) is 13.0. The van der Waals surface area contributed by atoms with Crippen LogP contribution in [0.3, 0.4) is 0 Å². The molecule has 10 nitrogen and oxygen atoms in total. The Kier molecular flexibility index (Phi) is 11.2. The van der Waals surface area contributed by atoms with E-state index in [0.29, 0.717) is 57.1 Å². The summed E-state index contributed by atoms with van der Waals surface area (Å²) >= 11 is 13.9. The molecule has 2 N–H and O–H groups in total. The second kappa shape index (κ2) is 16.2. The van der Waals surface area contributed by atoms with Gasteiger partial charge < -0.3 is 19.7 Å². The normalized spacial score (nSPS) is 22.4. The zero-order chi connectivity index (χ0) is 39.9. The standard InChI is InChI=1S/C44H49Cl2FN6O4/c1-51-36-12-20-53(21-17-43-13-15-44(27-43,16-14-43)42(55)56)26-35(36)49-40(51)41(54)50-33-11-7-10-31(39(33)46)30-9-6-8-28(38(30)45)22-32(47)34-23-37(57-2)29(24-48-34)25-52-18-4-3-5-19-52/h6-11,22-24H,3-5,12-21,25-27H2,1-2H3,(H,50,54)(H,55,56)/b32-22-. The summed E-state index contributed by atoms with van der Waals surface area (Å²) in [6.45, 7) is 5.15. The summed E-state index contributed by atoms with van der Waals surface area (Å²) in [4.78, 5) is 39.7. The number of amides is 1. The number of piperidine rings is 1. The van der Waals surface area contributed by atoms with Crippen LogP contribution in [0.1, 0.15) is 96.6 Å². The summed E-state index contributed by atoms with van der Waals surface area (Å²) in [5, 5.41) is 13.4. The van der Waals surface area contributed by atoms with Crippen molar-refractivity contribution in [1.29, 1.82) is 0 Å². The van der Waals surface area contributed by atoms with Gasteiger partial charge in [-0.25, -0.2) is 9.37 Å². The van der Waals surface area contributed by atoms with Crippen molar-refractivity contribution in [2.24, 2.45) is 17.9 Å². The number of carboxylic acid groups (broad SMARTS) is 1. The Bertz CT molecular complexity index is 2230. The van der Waals surface area contributed by atoms with Crippen molar-refractivity contribution in [3.8, 4) is 16.9 Å². The lowest BCUT2D eigenvalue weighted by molar-refractivity contribution is -0.148. The van der Waals surface area contributed by atoms with Gasteiger partial charge in [-0.3, -0.25) is 24.4 Å². The molecule has 2 aromatic carbocycles. The molecule has 8 rings (SSSR count). The molecule has 2 bridgehead atoms. The Morgan fingerprint density at radius 3 is 2.46 bits per heavy atom. The van der Waals surface area contributed by atoms with E-state index in [9.17, 15) is 14.7 Å². The maximum atomic E-state index is 15.8. The van der Waals surface area contributed by atoms with Gasteiger partial charge in [0, 0.05) is 67.8 Å². The van der Waals surface area contributed by atoms with Crippen molar-refractivity contribution in [2.75, 3.05) is 38.6 Å². The summed E-state index contributed by atoms with van der Waals surface area (Å²) < 4.78 is 23.3. The molecule has 0 radical (unpaired) electrons. The number of nitrogens with zero attached hydrogens (tertiary/aromatic N) is 5. The maximum absolute atomic E-state index is 15.8. The highest BCUT2D eigenvalue weighted by atomic mass is 35.5. The minimum absolute atomic E-state index is 0.130. The Morgan fingerprint density at radius 2 is 1.74 bits per heavy atom. The highest BCUT2D eigenvalue weighted by Crippen LogP contribution is 2.63. The fourth-order valence-corrected chi connectivity index (χ4v) is 10.2. The summed E-state index contributed by atoms with van der Waals surface area (Å²) in [5.74, 6) is -0.682. The molecule has 13 heteroatoms. The number of halogens is 3. The first-order valence-electron chi connectivity index (χ1n) is 20.0. The van der Waals surface area contributed by atoms with Crippen LogP contribution in [0.5, 0.6) is 5.75 Å². The number of hydrogen-bond acceptors (Lipinski definition) is 7. The average molecular weight is 816 g/mol. The molecule has 2 aliphatic carbocycles. The van der Waals surface area contributed by atoms with Crippen molar-refractivity contribution in [3.05, 3.63) is 92.7 Å². The van der Waals surface area contributed by atoms with Crippen LogP contribution in [0, 0.1) is 10.8 Å². The number of carbonyl (C=O) groups is 2. The molecule has 0 atom stereocenters.